The van der Waals surface area contributed by atoms with Gasteiger partial charge in [-0.2, -0.15) is 4.98 Å². The lowest BCUT2D eigenvalue weighted by Crippen LogP contribution is -2.33. The third kappa shape index (κ3) is 4.13. The minimum absolute atomic E-state index is 0.0503. The largest absolute Gasteiger partial charge is 0.356 e. The molecule has 1 saturated heterocycles. The molecule has 174 valence electrons. The number of hydrogen-bond acceptors (Lipinski definition) is 7. The van der Waals surface area contributed by atoms with E-state index in [4.69, 9.17) is 4.52 Å². The number of benzene rings is 2. The number of aldehydes is 1. The number of hydrogen-bond donors (Lipinski definition) is 0. The smallest absolute Gasteiger partial charge is 0.229 e. The summed E-state index contributed by atoms with van der Waals surface area (Å²) < 4.78 is 34.4. The molecule has 9 heteroatoms. The monoisotopic (exact) mass is 463 g/mol. The summed E-state index contributed by atoms with van der Waals surface area (Å²) in [5.74, 6) is 1.08. The summed E-state index contributed by atoms with van der Waals surface area (Å²) in [6.07, 6.45) is 5.26. The molecule has 0 N–H and O–H groups in total. The molecular weight excluding hydrogens is 440 g/mol. The second kappa shape index (κ2) is 9.24. The molecule has 1 aliphatic rings. The number of fused-ring (bicyclic) bond motifs is 1. The lowest BCUT2D eigenvalue weighted by atomic mass is 9.96. The Morgan fingerprint density at radius 3 is 2.71 bits per heavy atom. The molecule has 5 rings (SSSR count). The quantitative estimate of drug-likeness (QED) is 0.368. The Kier molecular flexibility index (Phi) is 6.00. The van der Waals surface area contributed by atoms with Gasteiger partial charge in [0.15, 0.2) is 12.1 Å². The Morgan fingerprint density at radius 2 is 1.97 bits per heavy atom. The Bertz CT molecular complexity index is 1350. The molecule has 2 aromatic carbocycles. The fraction of sp³-hybridized carbons (Fsp3) is 0.320. The van der Waals surface area contributed by atoms with Crippen molar-refractivity contribution in [1.82, 2.24) is 20.1 Å². The molecule has 4 aromatic rings. The maximum Gasteiger partial charge on any atom is 0.229 e. The predicted molar refractivity (Wildman–Crippen MR) is 123 cm³/mol. The third-order valence-electron chi connectivity index (χ3n) is 6.22. The van der Waals surface area contributed by atoms with Gasteiger partial charge in [-0.25, -0.2) is 18.7 Å². The zero-order valence-electron chi connectivity index (χ0n) is 18.7. The Balaban J connectivity index is 1.45. The molecule has 0 bridgehead atoms. The Hall–Kier alpha value is -3.75. The van der Waals surface area contributed by atoms with Crippen molar-refractivity contribution in [2.45, 2.75) is 38.5 Å². The number of halogens is 2. The molecule has 1 aliphatic heterocycles. The second-order valence-electron chi connectivity index (χ2n) is 8.46. The normalized spacial score (nSPS) is 14.6. The third-order valence-corrected chi connectivity index (χ3v) is 6.22. The summed E-state index contributed by atoms with van der Waals surface area (Å²) in [5, 5.41) is 4.61. The first-order chi connectivity index (χ1) is 16.6. The van der Waals surface area contributed by atoms with E-state index in [1.165, 1.54) is 30.6 Å². The minimum Gasteiger partial charge on any atom is -0.356 e. The van der Waals surface area contributed by atoms with E-state index in [-0.39, 0.29) is 11.5 Å². The van der Waals surface area contributed by atoms with E-state index in [2.05, 4.69) is 31.9 Å². The van der Waals surface area contributed by atoms with Gasteiger partial charge in [0.2, 0.25) is 5.89 Å². The van der Waals surface area contributed by atoms with E-state index in [0.29, 0.717) is 53.1 Å². The molecule has 0 aliphatic carbocycles. The van der Waals surface area contributed by atoms with Gasteiger partial charge in [0.25, 0.3) is 0 Å². The van der Waals surface area contributed by atoms with Crippen LogP contribution in [0, 0.1) is 11.6 Å². The molecule has 0 spiro atoms. The first kappa shape index (κ1) is 22.1. The standard InChI is InChI=1S/C25H23F2N5O2/c1-2-3-22-30-25(34-31-22)15-6-8-32(9-7-15)24-20-12-18(26)11-19(23(20)28-14-29-24)16-4-5-17(13-33)21(27)10-16/h4-5,10-15H,2-3,6-9H2,1H3. The first-order valence-electron chi connectivity index (χ1n) is 11.3. The molecular formula is C25H23F2N5O2. The van der Waals surface area contributed by atoms with Crippen molar-refractivity contribution in [3.05, 3.63) is 65.6 Å². The van der Waals surface area contributed by atoms with Gasteiger partial charge < -0.3 is 9.42 Å². The average molecular weight is 463 g/mol. The maximum atomic E-state index is 14.7. The summed E-state index contributed by atoms with van der Waals surface area (Å²) >= 11 is 0. The van der Waals surface area contributed by atoms with Crippen molar-refractivity contribution in [3.8, 4) is 11.1 Å². The van der Waals surface area contributed by atoms with Crippen molar-refractivity contribution in [1.29, 1.82) is 0 Å². The first-order valence-corrected chi connectivity index (χ1v) is 11.3. The molecule has 3 heterocycles. The fourth-order valence-corrected chi connectivity index (χ4v) is 4.48. The van der Waals surface area contributed by atoms with E-state index in [1.807, 2.05) is 0 Å². The van der Waals surface area contributed by atoms with Crippen LogP contribution in [0.4, 0.5) is 14.6 Å². The topological polar surface area (TPSA) is 85.0 Å². The molecule has 2 aromatic heterocycles. The van der Waals surface area contributed by atoms with E-state index in [1.54, 1.807) is 6.07 Å². The highest BCUT2D eigenvalue weighted by atomic mass is 19.1. The highest BCUT2D eigenvalue weighted by Gasteiger charge is 2.27. The van der Waals surface area contributed by atoms with Crippen LogP contribution in [-0.4, -0.2) is 39.5 Å². The number of nitrogens with zero attached hydrogens (tertiary/aromatic N) is 5. The number of anilines is 1. The lowest BCUT2D eigenvalue weighted by Gasteiger charge is -2.32. The van der Waals surface area contributed by atoms with E-state index < -0.39 is 11.6 Å². The molecule has 7 nitrogen and oxygen atoms in total. The number of carbonyl (C=O) groups is 1. The van der Waals surface area contributed by atoms with Crippen molar-refractivity contribution in [2.24, 2.45) is 0 Å². The second-order valence-corrected chi connectivity index (χ2v) is 8.46. The number of piperidine rings is 1. The van der Waals surface area contributed by atoms with Crippen LogP contribution in [-0.2, 0) is 6.42 Å². The van der Waals surface area contributed by atoms with Gasteiger partial charge in [-0.15, -0.1) is 0 Å². The molecule has 0 saturated carbocycles. The van der Waals surface area contributed by atoms with Crippen LogP contribution in [0.2, 0.25) is 0 Å². The van der Waals surface area contributed by atoms with Crippen molar-refractivity contribution in [3.63, 3.8) is 0 Å². The molecule has 0 unspecified atom stereocenters. The predicted octanol–water partition coefficient (Wildman–Crippen LogP) is 5.11. The van der Waals surface area contributed by atoms with Crippen LogP contribution < -0.4 is 4.90 Å². The van der Waals surface area contributed by atoms with Crippen LogP contribution in [0.5, 0.6) is 0 Å². The minimum atomic E-state index is -0.663. The van der Waals surface area contributed by atoms with Gasteiger partial charge in [-0.05, 0) is 49.1 Å². The summed E-state index contributed by atoms with van der Waals surface area (Å²) in [7, 11) is 0. The lowest BCUT2D eigenvalue weighted by molar-refractivity contribution is 0.112. The number of aryl methyl sites for hydroxylation is 1. The van der Waals surface area contributed by atoms with Crippen LogP contribution in [0.25, 0.3) is 22.0 Å². The van der Waals surface area contributed by atoms with Crippen molar-refractivity contribution < 1.29 is 18.1 Å². The van der Waals surface area contributed by atoms with Gasteiger partial charge in [0.05, 0.1) is 11.1 Å². The average Bonchev–Trinajstić information content (AvgIpc) is 3.32. The summed E-state index contributed by atoms with van der Waals surface area (Å²) in [6, 6.07) is 6.92. The van der Waals surface area contributed by atoms with E-state index in [0.717, 1.165) is 31.5 Å². The fourth-order valence-electron chi connectivity index (χ4n) is 4.48. The van der Waals surface area contributed by atoms with Gasteiger partial charge in [-0.1, -0.05) is 18.1 Å². The molecule has 34 heavy (non-hydrogen) atoms. The van der Waals surface area contributed by atoms with E-state index >= 15 is 0 Å². The van der Waals surface area contributed by atoms with Crippen LogP contribution in [0.1, 0.15) is 54.2 Å². The summed E-state index contributed by atoms with van der Waals surface area (Å²) in [6.45, 7) is 3.46. The van der Waals surface area contributed by atoms with Crippen molar-refractivity contribution in [2.75, 3.05) is 18.0 Å². The van der Waals surface area contributed by atoms with E-state index in [9.17, 15) is 13.6 Å². The molecule has 1 fully saturated rings. The Labute approximate surface area is 194 Å². The molecule has 0 atom stereocenters. The van der Waals surface area contributed by atoms with Gasteiger partial charge >= 0.3 is 0 Å². The van der Waals surface area contributed by atoms with Crippen LogP contribution in [0.3, 0.4) is 0 Å². The zero-order chi connectivity index (χ0) is 23.7. The Morgan fingerprint density at radius 1 is 1.15 bits per heavy atom. The van der Waals surface area contributed by atoms with Gasteiger partial charge in [0, 0.05) is 36.4 Å². The molecule has 0 radical (unpaired) electrons. The van der Waals surface area contributed by atoms with Crippen LogP contribution in [0.15, 0.2) is 41.2 Å². The highest BCUT2D eigenvalue weighted by Crippen LogP contribution is 2.35. The summed E-state index contributed by atoms with van der Waals surface area (Å²) in [4.78, 5) is 26.4. The van der Waals surface area contributed by atoms with Crippen LogP contribution >= 0.6 is 0 Å². The SMILES string of the molecule is CCCc1noc(C2CCN(c3ncnc4c(-c5ccc(C=O)c(F)c5)cc(F)cc34)CC2)n1. The maximum absolute atomic E-state index is 14.7. The number of rotatable bonds is 6. The van der Waals surface area contributed by atoms with Gasteiger partial charge in [-0.3, -0.25) is 4.79 Å². The number of aromatic nitrogens is 4. The van der Waals surface area contributed by atoms with Gasteiger partial charge in [0.1, 0.15) is 23.8 Å². The zero-order valence-corrected chi connectivity index (χ0v) is 18.7. The highest BCUT2D eigenvalue weighted by molar-refractivity contribution is 5.99. The number of carbonyl (C=O) groups excluding carboxylic acids is 1. The molecule has 0 amide bonds. The summed E-state index contributed by atoms with van der Waals surface area (Å²) in [5.41, 5.74) is 1.35. The van der Waals surface area contributed by atoms with Crippen molar-refractivity contribution >= 4 is 23.0 Å².